The molecular weight excluding hydrogens is 380 g/mol. The molecule has 2 aromatic rings. The molecule has 0 radical (unpaired) electrons. The number of hydrogen-bond acceptors (Lipinski definition) is 5. The van der Waals surface area contributed by atoms with Gasteiger partial charge in [0.25, 0.3) is 5.91 Å². The molecule has 30 heavy (non-hydrogen) atoms. The van der Waals surface area contributed by atoms with Crippen LogP contribution in [0.5, 0.6) is 0 Å². The highest BCUT2D eigenvalue weighted by molar-refractivity contribution is 5.91. The summed E-state index contributed by atoms with van der Waals surface area (Å²) in [4.78, 5) is 33.2. The Morgan fingerprint density at radius 2 is 2.17 bits per heavy atom. The minimum absolute atomic E-state index is 0.0992. The second-order valence-corrected chi connectivity index (χ2v) is 8.46. The van der Waals surface area contributed by atoms with Crippen LogP contribution in [-0.4, -0.2) is 58.4 Å². The van der Waals surface area contributed by atoms with E-state index in [2.05, 4.69) is 10.1 Å². The van der Waals surface area contributed by atoms with Gasteiger partial charge in [-0.25, -0.2) is 0 Å². The predicted molar refractivity (Wildman–Crippen MR) is 114 cm³/mol. The number of piperidine rings is 1. The molecule has 7 heteroatoms. The van der Waals surface area contributed by atoms with Crippen molar-refractivity contribution in [2.24, 2.45) is 5.92 Å². The lowest BCUT2D eigenvalue weighted by Gasteiger charge is -2.32. The molecule has 162 valence electrons. The fraction of sp³-hybridized carbons (Fsp3) is 0.565. The molecule has 0 saturated carbocycles. The van der Waals surface area contributed by atoms with E-state index in [9.17, 15) is 9.59 Å². The van der Waals surface area contributed by atoms with Gasteiger partial charge in [-0.3, -0.25) is 14.6 Å². The average molecular weight is 413 g/mol. The van der Waals surface area contributed by atoms with Crippen LogP contribution in [0.1, 0.15) is 67.4 Å². The van der Waals surface area contributed by atoms with Crippen molar-refractivity contribution in [3.8, 4) is 0 Å². The Hall–Kier alpha value is -2.70. The number of amides is 2. The highest BCUT2D eigenvalue weighted by Gasteiger charge is 2.27. The Kier molecular flexibility index (Phi) is 7.60. The molecule has 3 rings (SSSR count). The topological polar surface area (TPSA) is 79.5 Å². The van der Waals surface area contributed by atoms with Crippen LogP contribution in [0.3, 0.4) is 0 Å². The van der Waals surface area contributed by atoms with Gasteiger partial charge < -0.3 is 14.3 Å². The van der Waals surface area contributed by atoms with Crippen molar-refractivity contribution in [3.63, 3.8) is 0 Å². The van der Waals surface area contributed by atoms with Crippen molar-refractivity contribution in [3.05, 3.63) is 47.6 Å². The summed E-state index contributed by atoms with van der Waals surface area (Å²) in [6, 6.07) is 7.58. The van der Waals surface area contributed by atoms with Crippen LogP contribution in [0.25, 0.3) is 0 Å². The fourth-order valence-corrected chi connectivity index (χ4v) is 3.77. The molecule has 3 heterocycles. The first-order valence-corrected chi connectivity index (χ1v) is 10.8. The smallest absolute Gasteiger partial charge is 0.292 e. The number of carbonyl (C=O) groups is 2. The van der Waals surface area contributed by atoms with Gasteiger partial charge in [-0.15, -0.1) is 0 Å². The van der Waals surface area contributed by atoms with Gasteiger partial charge in [0, 0.05) is 57.5 Å². The summed E-state index contributed by atoms with van der Waals surface area (Å²) in [5.41, 5.74) is 1.79. The molecule has 2 amide bonds. The maximum Gasteiger partial charge on any atom is 0.292 e. The number of likely N-dealkylation sites (tertiary alicyclic amines) is 1. The Bertz CT molecular complexity index is 834. The van der Waals surface area contributed by atoms with Crippen molar-refractivity contribution in [2.45, 2.75) is 51.9 Å². The van der Waals surface area contributed by atoms with Crippen LogP contribution in [0, 0.1) is 5.92 Å². The minimum atomic E-state index is -0.0992. The molecule has 0 aromatic carbocycles. The van der Waals surface area contributed by atoms with Crippen LogP contribution in [0.15, 0.2) is 35.0 Å². The summed E-state index contributed by atoms with van der Waals surface area (Å²) in [5.74, 6) is 0.919. The van der Waals surface area contributed by atoms with E-state index < -0.39 is 0 Å². The summed E-state index contributed by atoms with van der Waals surface area (Å²) in [7, 11) is 1.85. The Balaban J connectivity index is 1.44. The van der Waals surface area contributed by atoms with Crippen LogP contribution in [-0.2, 0) is 11.2 Å². The standard InChI is InChI=1S/C23H32N4O3/c1-17(2)20-15-21(30-25-20)23(29)27-13-6-7-18(16-27)9-10-22(28)26(3)14-11-19-8-4-5-12-24-19/h4-5,8,12,15,17-18H,6-7,9-11,13-14,16H2,1-3H3. The number of aromatic nitrogens is 2. The maximum atomic E-state index is 12.8. The van der Waals surface area contributed by atoms with Gasteiger partial charge >= 0.3 is 0 Å². The molecule has 1 aliphatic rings. The van der Waals surface area contributed by atoms with Crippen LogP contribution in [0.4, 0.5) is 0 Å². The number of likely N-dealkylation sites (N-methyl/N-ethyl adjacent to an activating group) is 1. The Labute approximate surface area is 178 Å². The van der Waals surface area contributed by atoms with Crippen molar-refractivity contribution >= 4 is 11.8 Å². The third-order valence-electron chi connectivity index (χ3n) is 5.76. The van der Waals surface area contributed by atoms with Gasteiger partial charge in [0.15, 0.2) is 0 Å². The molecule has 0 N–H and O–H groups in total. The van der Waals surface area contributed by atoms with Crippen molar-refractivity contribution in [2.75, 3.05) is 26.7 Å². The predicted octanol–water partition coefficient (Wildman–Crippen LogP) is 3.53. The first kappa shape index (κ1) is 22.0. The van der Waals surface area contributed by atoms with E-state index in [0.29, 0.717) is 31.2 Å². The lowest BCUT2D eigenvalue weighted by molar-refractivity contribution is -0.130. The second-order valence-electron chi connectivity index (χ2n) is 8.46. The monoisotopic (exact) mass is 412 g/mol. The quantitative estimate of drug-likeness (QED) is 0.663. The van der Waals surface area contributed by atoms with Crippen molar-refractivity contribution < 1.29 is 14.1 Å². The highest BCUT2D eigenvalue weighted by Crippen LogP contribution is 2.24. The van der Waals surface area contributed by atoms with Crippen LogP contribution >= 0.6 is 0 Å². The van der Waals surface area contributed by atoms with Gasteiger partial charge in [0.2, 0.25) is 11.7 Å². The summed E-state index contributed by atoms with van der Waals surface area (Å²) in [6.07, 6.45) is 5.82. The highest BCUT2D eigenvalue weighted by atomic mass is 16.5. The molecule has 1 unspecified atom stereocenters. The SMILES string of the molecule is CC(C)c1cc(C(=O)N2CCCC(CCC(=O)N(C)CCc3ccccn3)C2)on1. The lowest BCUT2D eigenvalue weighted by Crippen LogP contribution is -2.40. The van der Waals surface area contributed by atoms with Crippen molar-refractivity contribution in [1.82, 2.24) is 19.9 Å². The van der Waals surface area contributed by atoms with Gasteiger partial charge in [0.1, 0.15) is 0 Å². The van der Waals surface area contributed by atoms with Crippen LogP contribution < -0.4 is 0 Å². The zero-order valence-electron chi connectivity index (χ0n) is 18.2. The molecule has 7 nitrogen and oxygen atoms in total. The largest absolute Gasteiger partial charge is 0.351 e. The summed E-state index contributed by atoms with van der Waals surface area (Å²) < 4.78 is 5.26. The number of nitrogens with zero attached hydrogens (tertiary/aromatic N) is 4. The van der Waals surface area contributed by atoms with E-state index in [1.165, 1.54) is 0 Å². The first-order valence-electron chi connectivity index (χ1n) is 10.8. The van der Waals surface area contributed by atoms with E-state index in [0.717, 1.165) is 43.6 Å². The molecule has 1 atom stereocenters. The van der Waals surface area contributed by atoms with E-state index in [-0.39, 0.29) is 17.7 Å². The average Bonchev–Trinajstić information content (AvgIpc) is 3.27. The Morgan fingerprint density at radius 3 is 2.87 bits per heavy atom. The minimum Gasteiger partial charge on any atom is -0.351 e. The molecule has 0 aliphatic carbocycles. The maximum absolute atomic E-state index is 12.8. The van der Waals surface area contributed by atoms with Gasteiger partial charge in [0.05, 0.1) is 5.69 Å². The number of hydrogen-bond donors (Lipinski definition) is 0. The third-order valence-corrected chi connectivity index (χ3v) is 5.76. The number of pyridine rings is 1. The molecule has 1 fully saturated rings. The molecule has 1 aliphatic heterocycles. The molecule has 2 aromatic heterocycles. The molecular formula is C23H32N4O3. The summed E-state index contributed by atoms with van der Waals surface area (Å²) >= 11 is 0. The van der Waals surface area contributed by atoms with E-state index >= 15 is 0 Å². The number of rotatable bonds is 8. The van der Waals surface area contributed by atoms with Gasteiger partial charge in [-0.2, -0.15) is 0 Å². The van der Waals surface area contributed by atoms with Crippen LogP contribution in [0.2, 0.25) is 0 Å². The lowest BCUT2D eigenvalue weighted by atomic mass is 9.93. The third kappa shape index (κ3) is 5.90. The van der Waals surface area contributed by atoms with E-state index in [4.69, 9.17) is 4.52 Å². The second kappa shape index (κ2) is 10.4. The normalized spacial score (nSPS) is 16.7. The van der Waals surface area contributed by atoms with E-state index in [1.54, 1.807) is 17.2 Å². The summed E-state index contributed by atoms with van der Waals surface area (Å²) in [6.45, 7) is 6.10. The fourth-order valence-electron chi connectivity index (χ4n) is 3.77. The van der Waals surface area contributed by atoms with Gasteiger partial charge in [-0.05, 0) is 43.2 Å². The zero-order valence-corrected chi connectivity index (χ0v) is 18.2. The first-order chi connectivity index (χ1) is 14.4. The molecule has 1 saturated heterocycles. The molecule has 0 bridgehead atoms. The zero-order chi connectivity index (χ0) is 21.5. The van der Waals surface area contributed by atoms with E-state index in [1.807, 2.05) is 44.0 Å². The van der Waals surface area contributed by atoms with Gasteiger partial charge in [-0.1, -0.05) is 25.1 Å². The number of carbonyl (C=O) groups excluding carboxylic acids is 2. The molecule has 0 spiro atoms. The summed E-state index contributed by atoms with van der Waals surface area (Å²) in [5, 5.41) is 3.99. The van der Waals surface area contributed by atoms with Crippen molar-refractivity contribution in [1.29, 1.82) is 0 Å². The Morgan fingerprint density at radius 1 is 1.33 bits per heavy atom.